The maximum absolute atomic E-state index is 12.5. The third-order valence-corrected chi connectivity index (χ3v) is 6.18. The van der Waals surface area contributed by atoms with Crippen LogP contribution < -0.4 is 4.72 Å². The molecule has 2 unspecified atom stereocenters. The molecule has 0 aliphatic heterocycles. The van der Waals surface area contributed by atoms with Crippen LogP contribution >= 0.6 is 15.9 Å². The number of hydrogen-bond donors (Lipinski definition) is 2. The minimum Gasteiger partial charge on any atom is -0.478 e. The van der Waals surface area contributed by atoms with Crippen LogP contribution in [0.3, 0.4) is 0 Å². The van der Waals surface area contributed by atoms with Gasteiger partial charge >= 0.3 is 5.97 Å². The number of sulfonamides is 1. The molecule has 118 valence electrons. The monoisotopic (exact) mass is 377 g/mol. The SMILES string of the molecule is CCC(C)C(C)NS(=O)(=O)c1cc(C(=O)O)cc(Br)c1C. The molecule has 0 heterocycles. The van der Waals surface area contributed by atoms with Crippen molar-refractivity contribution in [2.45, 2.75) is 45.1 Å². The number of benzene rings is 1. The van der Waals surface area contributed by atoms with Crippen LogP contribution in [-0.2, 0) is 10.0 Å². The lowest BCUT2D eigenvalue weighted by atomic mass is 10.0. The molecule has 21 heavy (non-hydrogen) atoms. The van der Waals surface area contributed by atoms with Gasteiger partial charge in [0.15, 0.2) is 0 Å². The minimum atomic E-state index is -3.77. The zero-order valence-corrected chi connectivity index (χ0v) is 14.9. The first-order valence-corrected chi connectivity index (χ1v) is 8.93. The molecule has 5 nitrogen and oxygen atoms in total. The molecule has 0 bridgehead atoms. The van der Waals surface area contributed by atoms with Crippen molar-refractivity contribution in [2.24, 2.45) is 5.92 Å². The predicted octanol–water partition coefficient (Wildman–Crippen LogP) is 3.17. The van der Waals surface area contributed by atoms with Crippen molar-refractivity contribution in [3.8, 4) is 0 Å². The Labute approximate surface area is 133 Å². The van der Waals surface area contributed by atoms with Gasteiger partial charge in [0.2, 0.25) is 10.0 Å². The summed E-state index contributed by atoms with van der Waals surface area (Å²) in [5.74, 6) is -0.978. The third-order valence-electron chi connectivity index (χ3n) is 3.67. The molecule has 0 saturated carbocycles. The Hall–Kier alpha value is -0.920. The summed E-state index contributed by atoms with van der Waals surface area (Å²) < 4.78 is 28.0. The second kappa shape index (κ2) is 6.89. The second-order valence-electron chi connectivity index (χ2n) is 5.18. The minimum absolute atomic E-state index is 0.00979. The van der Waals surface area contributed by atoms with E-state index >= 15 is 0 Å². The fourth-order valence-electron chi connectivity index (χ4n) is 1.83. The number of hydrogen-bond acceptors (Lipinski definition) is 3. The smallest absolute Gasteiger partial charge is 0.335 e. The van der Waals surface area contributed by atoms with E-state index < -0.39 is 16.0 Å². The molecule has 1 aromatic rings. The van der Waals surface area contributed by atoms with Crippen LogP contribution in [0.25, 0.3) is 0 Å². The number of rotatable bonds is 6. The van der Waals surface area contributed by atoms with Crippen LogP contribution in [0.15, 0.2) is 21.5 Å². The van der Waals surface area contributed by atoms with Gasteiger partial charge in [-0.25, -0.2) is 17.9 Å². The Kier molecular flexibility index (Phi) is 5.95. The Morgan fingerprint density at radius 3 is 2.43 bits per heavy atom. The summed E-state index contributed by atoms with van der Waals surface area (Å²) in [5, 5.41) is 9.06. The lowest BCUT2D eigenvalue weighted by Gasteiger charge is -2.21. The Morgan fingerprint density at radius 1 is 1.38 bits per heavy atom. The van der Waals surface area contributed by atoms with Crippen molar-refractivity contribution in [1.29, 1.82) is 0 Å². The van der Waals surface area contributed by atoms with Crippen molar-refractivity contribution in [3.63, 3.8) is 0 Å². The van der Waals surface area contributed by atoms with Crippen LogP contribution in [-0.4, -0.2) is 25.5 Å². The fourth-order valence-corrected chi connectivity index (χ4v) is 4.07. The molecular formula is C14H20BrNO4S. The van der Waals surface area contributed by atoms with E-state index in [9.17, 15) is 13.2 Å². The first kappa shape index (κ1) is 18.1. The van der Waals surface area contributed by atoms with Gasteiger partial charge in [0.1, 0.15) is 0 Å². The number of nitrogens with one attached hydrogen (secondary N) is 1. The van der Waals surface area contributed by atoms with E-state index in [1.54, 1.807) is 13.8 Å². The van der Waals surface area contributed by atoms with Crippen LogP contribution in [0.1, 0.15) is 43.1 Å². The Bertz CT molecular complexity index is 643. The van der Waals surface area contributed by atoms with Gasteiger partial charge < -0.3 is 5.11 Å². The van der Waals surface area contributed by atoms with Crippen LogP contribution in [0.5, 0.6) is 0 Å². The molecule has 2 N–H and O–H groups in total. The number of halogens is 1. The summed E-state index contributed by atoms with van der Waals surface area (Å²) in [6.45, 7) is 7.39. The predicted molar refractivity (Wildman–Crippen MR) is 85.1 cm³/mol. The van der Waals surface area contributed by atoms with Gasteiger partial charge in [0, 0.05) is 10.5 Å². The normalized spacial score (nSPS) is 14.7. The molecule has 0 radical (unpaired) electrons. The van der Waals surface area contributed by atoms with Gasteiger partial charge in [-0.05, 0) is 37.5 Å². The molecule has 2 atom stereocenters. The third kappa shape index (κ3) is 4.28. The zero-order chi connectivity index (χ0) is 16.4. The van der Waals surface area contributed by atoms with Gasteiger partial charge in [-0.3, -0.25) is 0 Å². The van der Waals surface area contributed by atoms with Crippen LogP contribution in [0, 0.1) is 12.8 Å². The molecule has 0 aliphatic rings. The standard InChI is InChI=1S/C14H20BrNO4S/c1-5-8(2)10(4)16-21(19,20)13-7-11(14(17)18)6-12(15)9(13)3/h6-8,10,16H,5H2,1-4H3,(H,17,18). The molecule has 0 amide bonds. The highest BCUT2D eigenvalue weighted by molar-refractivity contribution is 9.10. The number of carboxylic acids is 1. The lowest BCUT2D eigenvalue weighted by Crippen LogP contribution is -2.37. The molecule has 0 saturated heterocycles. The van der Waals surface area contributed by atoms with E-state index in [1.807, 2.05) is 13.8 Å². The second-order valence-corrected chi connectivity index (χ2v) is 7.72. The van der Waals surface area contributed by atoms with Gasteiger partial charge in [0.25, 0.3) is 0 Å². The number of aromatic carboxylic acids is 1. The van der Waals surface area contributed by atoms with Gasteiger partial charge in [-0.1, -0.05) is 36.2 Å². The molecule has 0 aromatic heterocycles. The van der Waals surface area contributed by atoms with E-state index in [-0.39, 0.29) is 22.4 Å². The van der Waals surface area contributed by atoms with Crippen molar-refractivity contribution in [2.75, 3.05) is 0 Å². The fraction of sp³-hybridized carbons (Fsp3) is 0.500. The van der Waals surface area contributed by atoms with E-state index in [1.165, 1.54) is 12.1 Å². The molecule has 0 spiro atoms. The highest BCUT2D eigenvalue weighted by Gasteiger charge is 2.24. The van der Waals surface area contributed by atoms with E-state index in [4.69, 9.17) is 5.11 Å². The molecule has 0 aliphatic carbocycles. The summed E-state index contributed by atoms with van der Waals surface area (Å²) in [5.41, 5.74) is 0.424. The summed E-state index contributed by atoms with van der Waals surface area (Å²) in [7, 11) is -3.77. The van der Waals surface area contributed by atoms with Gasteiger partial charge in [-0.2, -0.15) is 0 Å². The summed E-state index contributed by atoms with van der Waals surface area (Å²) >= 11 is 3.21. The summed E-state index contributed by atoms with van der Waals surface area (Å²) in [4.78, 5) is 11.1. The van der Waals surface area contributed by atoms with E-state index in [2.05, 4.69) is 20.7 Å². The largest absolute Gasteiger partial charge is 0.478 e. The highest BCUT2D eigenvalue weighted by Crippen LogP contribution is 2.26. The van der Waals surface area contributed by atoms with Gasteiger partial charge in [0.05, 0.1) is 10.5 Å². The van der Waals surface area contributed by atoms with Gasteiger partial charge in [-0.15, -0.1) is 0 Å². The maximum atomic E-state index is 12.5. The Balaban J connectivity index is 3.28. The van der Waals surface area contributed by atoms with Crippen molar-refractivity contribution in [3.05, 3.63) is 27.7 Å². The lowest BCUT2D eigenvalue weighted by molar-refractivity contribution is 0.0696. The summed E-state index contributed by atoms with van der Waals surface area (Å²) in [6, 6.07) is 2.36. The first-order chi connectivity index (χ1) is 9.60. The average Bonchev–Trinajstić information content (AvgIpc) is 2.39. The van der Waals surface area contributed by atoms with Crippen molar-refractivity contribution < 1.29 is 18.3 Å². The van der Waals surface area contributed by atoms with Crippen molar-refractivity contribution >= 4 is 31.9 Å². The highest BCUT2D eigenvalue weighted by atomic mass is 79.9. The number of carbonyl (C=O) groups is 1. The summed E-state index contributed by atoms with van der Waals surface area (Å²) in [6.07, 6.45) is 0.849. The van der Waals surface area contributed by atoms with Crippen LogP contribution in [0.4, 0.5) is 0 Å². The molecule has 1 rings (SSSR count). The first-order valence-electron chi connectivity index (χ1n) is 6.66. The molecular weight excluding hydrogens is 358 g/mol. The molecule has 0 fully saturated rings. The van der Waals surface area contributed by atoms with E-state index in [0.29, 0.717) is 10.0 Å². The maximum Gasteiger partial charge on any atom is 0.335 e. The average molecular weight is 378 g/mol. The van der Waals surface area contributed by atoms with E-state index in [0.717, 1.165) is 6.42 Å². The molecule has 1 aromatic carbocycles. The number of carboxylic acid groups (broad SMARTS) is 1. The topological polar surface area (TPSA) is 83.5 Å². The van der Waals surface area contributed by atoms with Crippen LogP contribution in [0.2, 0.25) is 0 Å². The Morgan fingerprint density at radius 2 is 1.95 bits per heavy atom. The van der Waals surface area contributed by atoms with Crippen molar-refractivity contribution in [1.82, 2.24) is 4.72 Å². The quantitative estimate of drug-likeness (QED) is 0.797. The molecule has 7 heteroatoms. The zero-order valence-electron chi connectivity index (χ0n) is 12.5.